The molecule has 0 aliphatic carbocycles. The van der Waals surface area contributed by atoms with Crippen LogP contribution in [0.3, 0.4) is 0 Å². The topological polar surface area (TPSA) is 26.3 Å². The summed E-state index contributed by atoms with van der Waals surface area (Å²) in [4.78, 5) is 10.6. The van der Waals surface area contributed by atoms with Crippen LogP contribution in [0.15, 0.2) is 12.7 Å². The van der Waals surface area contributed by atoms with Crippen molar-refractivity contribution in [3.8, 4) is 0 Å². The fourth-order valence-electron chi connectivity index (χ4n) is 0.615. The lowest BCUT2D eigenvalue weighted by atomic mass is 10.2. The second kappa shape index (κ2) is 7.79. The van der Waals surface area contributed by atoms with E-state index >= 15 is 0 Å². The van der Waals surface area contributed by atoms with Crippen LogP contribution in [0.5, 0.6) is 0 Å². The number of unbranched alkanes of at least 4 members (excludes halogenated alkanes) is 2. The molecule has 0 aromatic carbocycles. The van der Waals surface area contributed by atoms with Crippen molar-refractivity contribution in [1.82, 2.24) is 0 Å². The molecule has 0 amide bonds. The zero-order chi connectivity index (χ0) is 8.53. The third-order valence-electron chi connectivity index (χ3n) is 1.17. The minimum absolute atomic E-state index is 0.191. The molecule has 2 nitrogen and oxygen atoms in total. The Hall–Kier alpha value is -0.310. The molecule has 0 aliphatic rings. The second-order valence-electron chi connectivity index (χ2n) is 2.14. The molecule has 0 aliphatic heterocycles. The minimum atomic E-state index is -0.191. The maximum Gasteiger partial charge on any atom is 0.316 e. The predicted octanol–water partition coefficient (Wildman–Crippen LogP) is 2.28. The van der Waals surface area contributed by atoms with Crippen molar-refractivity contribution >= 4 is 21.9 Å². The van der Waals surface area contributed by atoms with Gasteiger partial charge in [0.2, 0.25) is 0 Å². The molecule has 0 spiro atoms. The zero-order valence-corrected chi connectivity index (χ0v) is 8.10. The number of ether oxygens (including phenoxy) is 1. The lowest BCUT2D eigenvalue weighted by Gasteiger charge is -2.00. The molecule has 11 heavy (non-hydrogen) atoms. The lowest BCUT2D eigenvalue weighted by Crippen LogP contribution is -2.06. The number of rotatable bonds is 6. The Morgan fingerprint density at radius 2 is 2.27 bits per heavy atom. The zero-order valence-electron chi connectivity index (χ0n) is 6.51. The highest BCUT2D eigenvalue weighted by Crippen LogP contribution is 1.96. The maximum absolute atomic E-state index is 10.6. The van der Waals surface area contributed by atoms with E-state index in [2.05, 4.69) is 22.5 Å². The molecule has 0 atom stereocenters. The molecule has 0 unspecified atom stereocenters. The Morgan fingerprint density at radius 1 is 1.55 bits per heavy atom. The van der Waals surface area contributed by atoms with Crippen LogP contribution in [0.1, 0.15) is 19.3 Å². The van der Waals surface area contributed by atoms with E-state index in [9.17, 15) is 4.79 Å². The molecule has 64 valence electrons. The summed E-state index contributed by atoms with van der Waals surface area (Å²) in [6, 6.07) is 0. The van der Waals surface area contributed by atoms with Crippen LogP contribution in [0.4, 0.5) is 0 Å². The smallest absolute Gasteiger partial charge is 0.316 e. The number of carbonyl (C=O) groups excluding carboxylic acids is 1. The van der Waals surface area contributed by atoms with E-state index in [1.807, 2.05) is 6.08 Å². The molecule has 0 radical (unpaired) electrons. The summed E-state index contributed by atoms with van der Waals surface area (Å²) in [5, 5.41) is 0.286. The Bertz CT molecular complexity index is 123. The van der Waals surface area contributed by atoms with Crippen molar-refractivity contribution in [3.63, 3.8) is 0 Å². The summed E-state index contributed by atoms with van der Waals surface area (Å²) in [6.07, 6.45) is 4.82. The van der Waals surface area contributed by atoms with Gasteiger partial charge in [0.25, 0.3) is 0 Å². The van der Waals surface area contributed by atoms with Gasteiger partial charge in [-0.1, -0.05) is 22.0 Å². The average molecular weight is 221 g/mol. The number of alkyl halides is 1. The molecular weight excluding hydrogens is 208 g/mol. The highest BCUT2D eigenvalue weighted by molar-refractivity contribution is 9.09. The van der Waals surface area contributed by atoms with Gasteiger partial charge in [0, 0.05) is 0 Å². The third-order valence-corrected chi connectivity index (χ3v) is 1.63. The molecule has 0 aromatic heterocycles. The summed E-state index contributed by atoms with van der Waals surface area (Å²) in [5.74, 6) is -0.191. The molecule has 0 aromatic rings. The van der Waals surface area contributed by atoms with Gasteiger partial charge >= 0.3 is 5.97 Å². The van der Waals surface area contributed by atoms with Gasteiger partial charge in [-0.3, -0.25) is 4.79 Å². The van der Waals surface area contributed by atoms with Crippen LogP contribution in [-0.4, -0.2) is 17.9 Å². The molecule has 3 heteroatoms. The van der Waals surface area contributed by atoms with Crippen molar-refractivity contribution in [2.24, 2.45) is 0 Å². The van der Waals surface area contributed by atoms with Gasteiger partial charge in [0.05, 0.1) is 6.61 Å². The van der Waals surface area contributed by atoms with Gasteiger partial charge in [-0.05, 0) is 19.3 Å². The SMILES string of the molecule is C=CCCCCOC(=O)CBr. The first kappa shape index (κ1) is 10.7. The van der Waals surface area contributed by atoms with Crippen molar-refractivity contribution in [2.75, 3.05) is 11.9 Å². The number of hydrogen-bond donors (Lipinski definition) is 0. The van der Waals surface area contributed by atoms with Gasteiger partial charge in [-0.15, -0.1) is 6.58 Å². The largest absolute Gasteiger partial charge is 0.465 e. The molecule has 0 heterocycles. The van der Waals surface area contributed by atoms with Crippen LogP contribution in [-0.2, 0) is 9.53 Å². The van der Waals surface area contributed by atoms with Gasteiger partial charge in [-0.25, -0.2) is 0 Å². The van der Waals surface area contributed by atoms with Crippen molar-refractivity contribution in [2.45, 2.75) is 19.3 Å². The summed E-state index contributed by atoms with van der Waals surface area (Å²) in [5.41, 5.74) is 0. The van der Waals surface area contributed by atoms with E-state index in [1.165, 1.54) is 0 Å². The highest BCUT2D eigenvalue weighted by Gasteiger charge is 1.96. The van der Waals surface area contributed by atoms with Gasteiger partial charge in [0.15, 0.2) is 0 Å². The van der Waals surface area contributed by atoms with E-state index in [4.69, 9.17) is 4.74 Å². The van der Waals surface area contributed by atoms with E-state index in [0.29, 0.717) is 6.61 Å². The number of allylic oxidation sites excluding steroid dienone is 1. The van der Waals surface area contributed by atoms with Gasteiger partial charge in [0.1, 0.15) is 5.33 Å². The molecule has 0 saturated carbocycles. The molecule has 0 N–H and O–H groups in total. The van der Waals surface area contributed by atoms with Crippen molar-refractivity contribution < 1.29 is 9.53 Å². The maximum atomic E-state index is 10.6. The Morgan fingerprint density at radius 3 is 2.82 bits per heavy atom. The molecule has 0 rings (SSSR count). The lowest BCUT2D eigenvalue weighted by molar-refractivity contribution is -0.140. The number of esters is 1. The third kappa shape index (κ3) is 7.59. The summed E-state index contributed by atoms with van der Waals surface area (Å²) in [7, 11) is 0. The van der Waals surface area contributed by atoms with Crippen molar-refractivity contribution in [3.05, 3.63) is 12.7 Å². The first-order chi connectivity index (χ1) is 5.31. The Labute approximate surface area is 75.7 Å². The Kier molecular flexibility index (Phi) is 7.57. The van der Waals surface area contributed by atoms with E-state index in [1.54, 1.807) is 0 Å². The summed E-state index contributed by atoms with van der Waals surface area (Å²) >= 11 is 3.01. The summed E-state index contributed by atoms with van der Waals surface area (Å²) < 4.78 is 4.82. The summed E-state index contributed by atoms with van der Waals surface area (Å²) in [6.45, 7) is 4.12. The molecular formula is C8H13BrO2. The van der Waals surface area contributed by atoms with E-state index in [0.717, 1.165) is 19.3 Å². The number of hydrogen-bond acceptors (Lipinski definition) is 2. The monoisotopic (exact) mass is 220 g/mol. The molecule has 0 saturated heterocycles. The second-order valence-corrected chi connectivity index (χ2v) is 2.70. The van der Waals surface area contributed by atoms with Crippen LogP contribution in [0.2, 0.25) is 0 Å². The van der Waals surface area contributed by atoms with E-state index < -0.39 is 0 Å². The van der Waals surface area contributed by atoms with Gasteiger partial charge in [-0.2, -0.15) is 0 Å². The quantitative estimate of drug-likeness (QED) is 0.297. The van der Waals surface area contributed by atoms with Gasteiger partial charge < -0.3 is 4.74 Å². The normalized spacial score (nSPS) is 9.18. The van der Waals surface area contributed by atoms with Crippen LogP contribution in [0.25, 0.3) is 0 Å². The predicted molar refractivity (Wildman–Crippen MR) is 48.8 cm³/mol. The highest BCUT2D eigenvalue weighted by atomic mass is 79.9. The fraction of sp³-hybridized carbons (Fsp3) is 0.625. The minimum Gasteiger partial charge on any atom is -0.465 e. The van der Waals surface area contributed by atoms with Crippen LogP contribution in [0, 0.1) is 0 Å². The molecule has 0 bridgehead atoms. The van der Waals surface area contributed by atoms with Crippen molar-refractivity contribution in [1.29, 1.82) is 0 Å². The fourth-order valence-corrected chi connectivity index (χ4v) is 0.777. The number of halogens is 1. The van der Waals surface area contributed by atoms with Crippen LogP contribution >= 0.6 is 15.9 Å². The number of carbonyl (C=O) groups is 1. The van der Waals surface area contributed by atoms with Crippen LogP contribution < -0.4 is 0 Å². The standard InChI is InChI=1S/C8H13BrO2/c1-2-3-4-5-6-11-8(10)7-9/h2H,1,3-7H2. The first-order valence-electron chi connectivity index (χ1n) is 3.63. The Balaban J connectivity index is 3.01. The van der Waals surface area contributed by atoms with E-state index in [-0.39, 0.29) is 11.3 Å². The molecule has 0 fully saturated rings. The first-order valence-corrected chi connectivity index (χ1v) is 4.76. The average Bonchev–Trinajstić information content (AvgIpc) is 2.04.